The zero-order valence-corrected chi connectivity index (χ0v) is 12.9. The number of hydrogen-bond acceptors (Lipinski definition) is 4. The standard InChI is InChI=1S/C17H22N4/c1-4-19-14-9-17(2,3)10-15-13(14)11-20-16(21-15)12-5-7-18-8-6-12/h5-8,11,14,19H,4,9-10H2,1-3H3. The van der Waals surface area contributed by atoms with E-state index in [9.17, 15) is 0 Å². The molecule has 0 amide bonds. The topological polar surface area (TPSA) is 50.7 Å². The second-order valence-electron chi connectivity index (χ2n) is 6.49. The number of rotatable bonds is 3. The van der Waals surface area contributed by atoms with Crippen molar-refractivity contribution in [3.8, 4) is 11.4 Å². The van der Waals surface area contributed by atoms with E-state index in [1.165, 1.54) is 11.3 Å². The van der Waals surface area contributed by atoms with E-state index in [-0.39, 0.29) is 5.41 Å². The summed E-state index contributed by atoms with van der Waals surface area (Å²) in [7, 11) is 0. The number of aromatic nitrogens is 3. The lowest BCUT2D eigenvalue weighted by Gasteiger charge is -2.36. The largest absolute Gasteiger partial charge is 0.310 e. The van der Waals surface area contributed by atoms with Gasteiger partial charge in [0.15, 0.2) is 5.82 Å². The summed E-state index contributed by atoms with van der Waals surface area (Å²) in [6.07, 6.45) is 7.70. The van der Waals surface area contributed by atoms with E-state index < -0.39 is 0 Å². The fourth-order valence-electron chi connectivity index (χ4n) is 3.12. The fourth-order valence-corrected chi connectivity index (χ4v) is 3.12. The summed E-state index contributed by atoms with van der Waals surface area (Å²) in [5, 5.41) is 3.57. The van der Waals surface area contributed by atoms with Crippen LogP contribution in [-0.4, -0.2) is 21.5 Å². The second-order valence-corrected chi connectivity index (χ2v) is 6.49. The minimum atomic E-state index is 0.268. The number of hydrogen-bond donors (Lipinski definition) is 1. The maximum Gasteiger partial charge on any atom is 0.159 e. The Morgan fingerprint density at radius 1 is 1.29 bits per heavy atom. The van der Waals surface area contributed by atoms with Gasteiger partial charge in [0.25, 0.3) is 0 Å². The predicted octanol–water partition coefficient (Wildman–Crippen LogP) is 3.16. The molecule has 0 fully saturated rings. The van der Waals surface area contributed by atoms with Crippen LogP contribution in [0.15, 0.2) is 30.7 Å². The van der Waals surface area contributed by atoms with Crippen molar-refractivity contribution in [3.63, 3.8) is 0 Å². The van der Waals surface area contributed by atoms with Gasteiger partial charge in [0.1, 0.15) is 0 Å². The molecule has 2 aromatic heterocycles. The number of nitrogens with one attached hydrogen (secondary N) is 1. The first-order chi connectivity index (χ1) is 10.1. The Morgan fingerprint density at radius 3 is 2.76 bits per heavy atom. The molecule has 1 atom stereocenters. The van der Waals surface area contributed by atoms with Crippen molar-refractivity contribution in [2.24, 2.45) is 5.41 Å². The molecular weight excluding hydrogens is 260 g/mol. The smallest absolute Gasteiger partial charge is 0.159 e. The Labute approximate surface area is 126 Å². The highest BCUT2D eigenvalue weighted by molar-refractivity contribution is 5.54. The molecule has 0 aromatic carbocycles. The molecule has 110 valence electrons. The first-order valence-corrected chi connectivity index (χ1v) is 7.59. The highest BCUT2D eigenvalue weighted by Crippen LogP contribution is 2.40. The van der Waals surface area contributed by atoms with E-state index in [1.807, 2.05) is 18.3 Å². The quantitative estimate of drug-likeness (QED) is 0.939. The van der Waals surface area contributed by atoms with Gasteiger partial charge in [-0.15, -0.1) is 0 Å². The lowest BCUT2D eigenvalue weighted by atomic mass is 9.74. The lowest BCUT2D eigenvalue weighted by molar-refractivity contribution is 0.255. The fraction of sp³-hybridized carbons (Fsp3) is 0.471. The van der Waals surface area contributed by atoms with Gasteiger partial charge in [0.2, 0.25) is 0 Å². The summed E-state index contributed by atoms with van der Waals surface area (Å²) in [6.45, 7) is 7.74. The van der Waals surface area contributed by atoms with Crippen LogP contribution in [0, 0.1) is 5.41 Å². The predicted molar refractivity (Wildman–Crippen MR) is 83.8 cm³/mol. The number of fused-ring (bicyclic) bond motifs is 1. The third-order valence-electron chi connectivity index (χ3n) is 4.07. The van der Waals surface area contributed by atoms with Crippen LogP contribution in [0.2, 0.25) is 0 Å². The molecular formula is C17H22N4. The van der Waals surface area contributed by atoms with E-state index in [1.54, 1.807) is 12.4 Å². The normalized spacial score (nSPS) is 20.0. The van der Waals surface area contributed by atoms with Crippen LogP contribution in [0.1, 0.15) is 44.5 Å². The minimum absolute atomic E-state index is 0.268. The van der Waals surface area contributed by atoms with Gasteiger partial charge >= 0.3 is 0 Å². The maximum atomic E-state index is 4.83. The monoisotopic (exact) mass is 282 g/mol. The van der Waals surface area contributed by atoms with Crippen molar-refractivity contribution in [2.45, 2.75) is 39.7 Å². The molecule has 1 aliphatic rings. The van der Waals surface area contributed by atoms with Crippen LogP contribution in [0.5, 0.6) is 0 Å². The van der Waals surface area contributed by atoms with Gasteiger partial charge in [-0.25, -0.2) is 9.97 Å². The highest BCUT2D eigenvalue weighted by atomic mass is 14.9. The molecule has 1 aliphatic carbocycles. The number of pyridine rings is 1. The molecule has 0 aliphatic heterocycles. The third-order valence-corrected chi connectivity index (χ3v) is 4.07. The van der Waals surface area contributed by atoms with Crippen molar-refractivity contribution in [1.29, 1.82) is 0 Å². The van der Waals surface area contributed by atoms with Gasteiger partial charge in [-0.3, -0.25) is 4.98 Å². The minimum Gasteiger partial charge on any atom is -0.310 e. The molecule has 4 heteroatoms. The van der Waals surface area contributed by atoms with E-state index in [4.69, 9.17) is 4.98 Å². The Hall–Kier alpha value is -1.81. The molecule has 0 spiro atoms. The molecule has 2 aromatic rings. The van der Waals surface area contributed by atoms with Crippen molar-refractivity contribution in [2.75, 3.05) is 6.54 Å². The Bertz CT molecular complexity index is 622. The molecule has 4 nitrogen and oxygen atoms in total. The summed E-state index contributed by atoms with van der Waals surface area (Å²) < 4.78 is 0. The Morgan fingerprint density at radius 2 is 2.05 bits per heavy atom. The first-order valence-electron chi connectivity index (χ1n) is 7.59. The zero-order valence-electron chi connectivity index (χ0n) is 12.9. The molecule has 0 bridgehead atoms. The van der Waals surface area contributed by atoms with Crippen LogP contribution in [0.3, 0.4) is 0 Å². The van der Waals surface area contributed by atoms with Crippen LogP contribution in [0.4, 0.5) is 0 Å². The molecule has 3 rings (SSSR count). The molecule has 21 heavy (non-hydrogen) atoms. The molecule has 0 saturated heterocycles. The van der Waals surface area contributed by atoms with Crippen LogP contribution >= 0.6 is 0 Å². The van der Waals surface area contributed by atoms with Crippen molar-refractivity contribution in [1.82, 2.24) is 20.3 Å². The first kappa shape index (κ1) is 14.1. The van der Waals surface area contributed by atoms with Gasteiger partial charge < -0.3 is 5.32 Å². The average Bonchev–Trinajstić information content (AvgIpc) is 2.46. The van der Waals surface area contributed by atoms with Crippen molar-refractivity contribution in [3.05, 3.63) is 42.0 Å². The van der Waals surface area contributed by atoms with Gasteiger partial charge in [0.05, 0.1) is 0 Å². The van der Waals surface area contributed by atoms with Gasteiger partial charge in [-0.1, -0.05) is 20.8 Å². The Balaban J connectivity index is 2.01. The zero-order chi connectivity index (χ0) is 14.9. The van der Waals surface area contributed by atoms with E-state index in [2.05, 4.69) is 36.1 Å². The van der Waals surface area contributed by atoms with E-state index in [0.717, 1.165) is 30.8 Å². The lowest BCUT2D eigenvalue weighted by Crippen LogP contribution is -2.34. The van der Waals surface area contributed by atoms with Crippen molar-refractivity contribution >= 4 is 0 Å². The average molecular weight is 282 g/mol. The molecule has 1 unspecified atom stereocenters. The summed E-state index contributed by atoms with van der Waals surface area (Å²) in [4.78, 5) is 13.4. The molecule has 1 N–H and O–H groups in total. The molecule has 0 radical (unpaired) electrons. The van der Waals surface area contributed by atoms with Crippen LogP contribution in [-0.2, 0) is 6.42 Å². The summed E-state index contributed by atoms with van der Waals surface area (Å²) in [5.41, 5.74) is 3.73. The SMILES string of the molecule is CCNC1CC(C)(C)Cc2nc(-c3ccncc3)ncc21. The van der Waals surface area contributed by atoms with E-state index >= 15 is 0 Å². The summed E-state index contributed by atoms with van der Waals surface area (Å²) in [5.74, 6) is 0.795. The summed E-state index contributed by atoms with van der Waals surface area (Å²) in [6, 6.07) is 4.27. The number of nitrogens with zero attached hydrogens (tertiary/aromatic N) is 3. The summed E-state index contributed by atoms with van der Waals surface area (Å²) >= 11 is 0. The highest BCUT2D eigenvalue weighted by Gasteiger charge is 2.33. The van der Waals surface area contributed by atoms with E-state index in [0.29, 0.717) is 6.04 Å². The molecule has 0 saturated carbocycles. The Kier molecular flexibility index (Phi) is 3.72. The van der Waals surface area contributed by atoms with Crippen LogP contribution in [0.25, 0.3) is 11.4 Å². The molecule has 2 heterocycles. The maximum absolute atomic E-state index is 4.83. The second kappa shape index (κ2) is 5.53. The van der Waals surface area contributed by atoms with Gasteiger partial charge in [0, 0.05) is 41.5 Å². The third kappa shape index (κ3) is 2.95. The van der Waals surface area contributed by atoms with Gasteiger partial charge in [-0.2, -0.15) is 0 Å². The van der Waals surface area contributed by atoms with Crippen LogP contribution < -0.4 is 5.32 Å². The van der Waals surface area contributed by atoms with Crippen molar-refractivity contribution < 1.29 is 0 Å². The van der Waals surface area contributed by atoms with Gasteiger partial charge in [-0.05, 0) is 36.9 Å².